The topological polar surface area (TPSA) is 48.4 Å². The van der Waals surface area contributed by atoms with E-state index in [1.807, 2.05) is 30.3 Å². The molecule has 1 aromatic heterocycles. The van der Waals surface area contributed by atoms with Gasteiger partial charge in [0.1, 0.15) is 5.75 Å². The predicted molar refractivity (Wildman–Crippen MR) is 109 cm³/mol. The van der Waals surface area contributed by atoms with Gasteiger partial charge in [0, 0.05) is 16.0 Å². The monoisotopic (exact) mass is 383 g/mol. The zero-order valence-corrected chi connectivity index (χ0v) is 16.3. The second-order valence-corrected chi connectivity index (χ2v) is 6.72. The summed E-state index contributed by atoms with van der Waals surface area (Å²) in [6.07, 6.45) is 2.97. The van der Waals surface area contributed by atoms with Gasteiger partial charge >= 0.3 is 5.97 Å². The number of carbonyl (C=O) groups excluding carboxylic acids is 1. The Morgan fingerprint density at radius 3 is 2.56 bits per heavy atom. The van der Waals surface area contributed by atoms with Crippen molar-refractivity contribution >= 4 is 28.5 Å². The highest BCUT2D eigenvalue weighted by Gasteiger charge is 2.16. The number of pyridine rings is 1. The van der Waals surface area contributed by atoms with E-state index in [2.05, 4.69) is 11.9 Å². The summed E-state index contributed by atoms with van der Waals surface area (Å²) in [7, 11) is 1.62. The molecule has 3 rings (SSSR count). The molecule has 0 bridgehead atoms. The first-order chi connectivity index (χ1) is 13.1. The number of fused-ring (bicyclic) bond motifs is 1. The van der Waals surface area contributed by atoms with Gasteiger partial charge in [-0.2, -0.15) is 0 Å². The summed E-state index contributed by atoms with van der Waals surface area (Å²) in [6.45, 7) is 2.52. The summed E-state index contributed by atoms with van der Waals surface area (Å²) in [4.78, 5) is 17.4. The number of halogens is 1. The SMILES string of the molecule is CCCCCOC(=O)c1cc(-c2ccc(OC)cc2)nc2ccc(Cl)cc12. The summed E-state index contributed by atoms with van der Waals surface area (Å²) in [5, 5.41) is 1.25. The maximum Gasteiger partial charge on any atom is 0.338 e. The summed E-state index contributed by atoms with van der Waals surface area (Å²) in [5.41, 5.74) is 2.78. The Labute approximate surface area is 164 Å². The average molecular weight is 384 g/mol. The molecule has 27 heavy (non-hydrogen) atoms. The number of benzene rings is 2. The molecular weight excluding hydrogens is 362 g/mol. The number of esters is 1. The molecule has 0 aliphatic heterocycles. The van der Waals surface area contributed by atoms with Crippen molar-refractivity contribution in [2.24, 2.45) is 0 Å². The van der Waals surface area contributed by atoms with E-state index in [9.17, 15) is 4.79 Å². The summed E-state index contributed by atoms with van der Waals surface area (Å²) in [6, 6.07) is 14.7. The molecule has 1 heterocycles. The van der Waals surface area contributed by atoms with Crippen molar-refractivity contribution in [2.75, 3.05) is 13.7 Å². The first-order valence-electron chi connectivity index (χ1n) is 9.04. The highest BCUT2D eigenvalue weighted by Crippen LogP contribution is 2.28. The van der Waals surface area contributed by atoms with Crippen molar-refractivity contribution in [1.29, 1.82) is 0 Å². The first kappa shape index (κ1) is 19.2. The minimum absolute atomic E-state index is 0.351. The van der Waals surface area contributed by atoms with Gasteiger partial charge in [0.25, 0.3) is 0 Å². The van der Waals surface area contributed by atoms with Crippen LogP contribution in [-0.2, 0) is 4.74 Å². The highest BCUT2D eigenvalue weighted by atomic mass is 35.5. The fourth-order valence-corrected chi connectivity index (χ4v) is 3.04. The molecule has 140 valence electrons. The fourth-order valence-electron chi connectivity index (χ4n) is 2.87. The molecule has 0 saturated carbocycles. The Morgan fingerprint density at radius 2 is 1.85 bits per heavy atom. The molecule has 0 saturated heterocycles. The highest BCUT2D eigenvalue weighted by molar-refractivity contribution is 6.31. The molecule has 0 atom stereocenters. The van der Waals surface area contributed by atoms with E-state index in [0.29, 0.717) is 33.8 Å². The van der Waals surface area contributed by atoms with Crippen LogP contribution in [0.25, 0.3) is 22.2 Å². The zero-order valence-electron chi connectivity index (χ0n) is 15.5. The van der Waals surface area contributed by atoms with E-state index < -0.39 is 0 Å². The van der Waals surface area contributed by atoms with Gasteiger partial charge in [0.05, 0.1) is 30.5 Å². The number of hydrogen-bond acceptors (Lipinski definition) is 4. The molecule has 2 aromatic carbocycles. The lowest BCUT2D eigenvalue weighted by atomic mass is 10.0. The number of rotatable bonds is 7. The largest absolute Gasteiger partial charge is 0.497 e. The van der Waals surface area contributed by atoms with E-state index >= 15 is 0 Å². The minimum Gasteiger partial charge on any atom is -0.497 e. The number of methoxy groups -OCH3 is 1. The van der Waals surface area contributed by atoms with Gasteiger partial charge in [-0.1, -0.05) is 31.4 Å². The Kier molecular flexibility index (Phi) is 6.30. The number of unbranched alkanes of at least 4 members (excludes halogenated alkanes) is 2. The number of ether oxygens (including phenoxy) is 2. The van der Waals surface area contributed by atoms with Gasteiger partial charge in [-0.3, -0.25) is 0 Å². The normalized spacial score (nSPS) is 10.8. The average Bonchev–Trinajstić information content (AvgIpc) is 2.70. The Balaban J connectivity index is 2.00. The summed E-state index contributed by atoms with van der Waals surface area (Å²) < 4.78 is 10.7. The lowest BCUT2D eigenvalue weighted by molar-refractivity contribution is 0.0500. The third kappa shape index (κ3) is 4.58. The fraction of sp³-hybridized carbons (Fsp3) is 0.273. The standard InChI is InChI=1S/C22H22ClNO3/c1-3-4-5-12-27-22(25)19-14-21(15-6-9-17(26-2)10-7-15)24-20-11-8-16(23)13-18(19)20/h6-11,13-14H,3-5,12H2,1-2H3. The van der Waals surface area contributed by atoms with Gasteiger partial charge in [0.15, 0.2) is 0 Å². The Hall–Kier alpha value is -2.59. The van der Waals surface area contributed by atoms with E-state index in [1.54, 1.807) is 25.3 Å². The van der Waals surface area contributed by atoms with Gasteiger partial charge in [-0.05, 0) is 55.0 Å². The van der Waals surface area contributed by atoms with Crippen LogP contribution >= 0.6 is 11.6 Å². The Bertz CT molecular complexity index is 938. The van der Waals surface area contributed by atoms with Crippen LogP contribution in [0.1, 0.15) is 36.5 Å². The van der Waals surface area contributed by atoms with Crippen molar-refractivity contribution in [3.63, 3.8) is 0 Å². The molecule has 5 heteroatoms. The van der Waals surface area contributed by atoms with Crippen molar-refractivity contribution in [1.82, 2.24) is 4.98 Å². The quantitative estimate of drug-likeness (QED) is 0.376. The van der Waals surface area contributed by atoms with Gasteiger partial charge in [-0.25, -0.2) is 9.78 Å². The molecule has 0 N–H and O–H groups in total. The molecule has 0 aliphatic carbocycles. The Morgan fingerprint density at radius 1 is 1.07 bits per heavy atom. The van der Waals surface area contributed by atoms with Crippen molar-refractivity contribution in [2.45, 2.75) is 26.2 Å². The van der Waals surface area contributed by atoms with Gasteiger partial charge < -0.3 is 9.47 Å². The van der Waals surface area contributed by atoms with E-state index in [1.165, 1.54) is 0 Å². The molecule has 0 unspecified atom stereocenters. The van der Waals surface area contributed by atoms with Crippen LogP contribution in [0.5, 0.6) is 5.75 Å². The number of aromatic nitrogens is 1. The van der Waals surface area contributed by atoms with E-state index in [-0.39, 0.29) is 5.97 Å². The molecule has 4 nitrogen and oxygen atoms in total. The number of hydrogen-bond donors (Lipinski definition) is 0. The molecule has 3 aromatic rings. The smallest absolute Gasteiger partial charge is 0.338 e. The van der Waals surface area contributed by atoms with Crippen LogP contribution in [-0.4, -0.2) is 24.7 Å². The third-order valence-corrected chi connectivity index (χ3v) is 4.59. The van der Waals surface area contributed by atoms with Crippen LogP contribution in [0.4, 0.5) is 0 Å². The molecule has 0 fully saturated rings. The predicted octanol–water partition coefficient (Wildman–Crippen LogP) is 5.91. The summed E-state index contributed by atoms with van der Waals surface area (Å²) >= 11 is 6.14. The van der Waals surface area contributed by atoms with Gasteiger partial charge in [-0.15, -0.1) is 0 Å². The molecular formula is C22H22ClNO3. The van der Waals surface area contributed by atoms with Crippen molar-refractivity contribution < 1.29 is 14.3 Å². The molecule has 0 spiro atoms. The third-order valence-electron chi connectivity index (χ3n) is 4.36. The maximum atomic E-state index is 12.7. The molecule has 0 aliphatic rings. The first-order valence-corrected chi connectivity index (χ1v) is 9.42. The van der Waals surface area contributed by atoms with Crippen molar-refractivity contribution in [3.8, 4) is 17.0 Å². The van der Waals surface area contributed by atoms with E-state index in [0.717, 1.165) is 30.6 Å². The second-order valence-electron chi connectivity index (χ2n) is 6.29. The lowest BCUT2D eigenvalue weighted by Gasteiger charge is -2.11. The number of nitrogens with zero attached hydrogens (tertiary/aromatic N) is 1. The van der Waals surface area contributed by atoms with Crippen LogP contribution in [0, 0.1) is 0 Å². The second kappa shape index (κ2) is 8.87. The van der Waals surface area contributed by atoms with Gasteiger partial charge in [0.2, 0.25) is 0 Å². The minimum atomic E-state index is -0.351. The summed E-state index contributed by atoms with van der Waals surface area (Å²) in [5.74, 6) is 0.414. The zero-order chi connectivity index (χ0) is 19.2. The van der Waals surface area contributed by atoms with Crippen LogP contribution < -0.4 is 4.74 Å². The molecule has 0 radical (unpaired) electrons. The lowest BCUT2D eigenvalue weighted by Crippen LogP contribution is -2.08. The maximum absolute atomic E-state index is 12.7. The van der Waals surface area contributed by atoms with Crippen molar-refractivity contribution in [3.05, 3.63) is 59.1 Å². The van der Waals surface area contributed by atoms with Crippen LogP contribution in [0.2, 0.25) is 5.02 Å². The number of carbonyl (C=O) groups is 1. The van der Waals surface area contributed by atoms with Crippen LogP contribution in [0.15, 0.2) is 48.5 Å². The molecule has 0 amide bonds. The van der Waals surface area contributed by atoms with Crippen LogP contribution in [0.3, 0.4) is 0 Å². The van der Waals surface area contributed by atoms with E-state index in [4.69, 9.17) is 21.1 Å².